The number of urea groups is 1. The van der Waals surface area contributed by atoms with Crippen molar-refractivity contribution in [3.63, 3.8) is 0 Å². The highest BCUT2D eigenvalue weighted by atomic mass is 16.2. The highest BCUT2D eigenvalue weighted by molar-refractivity contribution is 5.93. The number of piperazine rings is 1. The van der Waals surface area contributed by atoms with Gasteiger partial charge in [0.2, 0.25) is 5.91 Å². The van der Waals surface area contributed by atoms with Crippen molar-refractivity contribution in [1.29, 1.82) is 5.26 Å². The first-order chi connectivity index (χ1) is 17.0. The Morgan fingerprint density at radius 3 is 2.49 bits per heavy atom. The summed E-state index contributed by atoms with van der Waals surface area (Å²) in [5.74, 6) is 0.769. The van der Waals surface area contributed by atoms with E-state index in [1.807, 2.05) is 56.3 Å². The van der Waals surface area contributed by atoms with Crippen LogP contribution in [0.3, 0.4) is 0 Å². The largest absolute Gasteiger partial charge is 0.354 e. The molecule has 1 unspecified atom stereocenters. The molecule has 10 heteroatoms. The number of nitriles is 1. The highest BCUT2D eigenvalue weighted by Gasteiger charge is 2.32. The van der Waals surface area contributed by atoms with Gasteiger partial charge in [0.15, 0.2) is 0 Å². The van der Waals surface area contributed by atoms with Gasteiger partial charge in [0.25, 0.3) is 0 Å². The van der Waals surface area contributed by atoms with Crippen molar-refractivity contribution in [2.75, 3.05) is 49.2 Å². The fourth-order valence-corrected chi connectivity index (χ4v) is 4.45. The lowest BCUT2D eigenvalue weighted by Gasteiger charge is -2.39. The van der Waals surface area contributed by atoms with E-state index in [0.29, 0.717) is 26.3 Å². The molecule has 2 aliphatic rings. The van der Waals surface area contributed by atoms with Gasteiger partial charge in [-0.25, -0.2) is 15.2 Å². The molecular formula is C25H32N8O2. The van der Waals surface area contributed by atoms with Crippen LogP contribution in [0.1, 0.15) is 31.9 Å². The number of hydrogen-bond acceptors (Lipinski definition) is 7. The molecule has 1 aromatic carbocycles. The van der Waals surface area contributed by atoms with Crippen LogP contribution in [0.4, 0.5) is 16.3 Å². The lowest BCUT2D eigenvalue weighted by atomic mass is 10.0. The maximum absolute atomic E-state index is 13.0. The molecule has 35 heavy (non-hydrogen) atoms. The zero-order valence-corrected chi connectivity index (χ0v) is 20.2. The van der Waals surface area contributed by atoms with Gasteiger partial charge in [0.1, 0.15) is 11.9 Å². The average molecular weight is 477 g/mol. The van der Waals surface area contributed by atoms with E-state index in [1.54, 1.807) is 16.1 Å². The van der Waals surface area contributed by atoms with Gasteiger partial charge in [0, 0.05) is 38.8 Å². The van der Waals surface area contributed by atoms with E-state index in [2.05, 4.69) is 31.6 Å². The molecule has 2 N–H and O–H groups in total. The van der Waals surface area contributed by atoms with Gasteiger partial charge in [0.05, 0.1) is 31.0 Å². The summed E-state index contributed by atoms with van der Waals surface area (Å²) in [5, 5.41) is 13.3. The number of nitrogens with one attached hydrogen (secondary N) is 2. The Hall–Kier alpha value is -3.68. The smallest absolute Gasteiger partial charge is 0.340 e. The highest BCUT2D eigenvalue weighted by Crippen LogP contribution is 2.26. The maximum Gasteiger partial charge on any atom is 0.340 e. The summed E-state index contributed by atoms with van der Waals surface area (Å²) < 4.78 is 0. The van der Waals surface area contributed by atoms with Crippen molar-refractivity contribution < 1.29 is 9.59 Å². The van der Waals surface area contributed by atoms with E-state index >= 15 is 0 Å². The minimum Gasteiger partial charge on any atom is -0.354 e. The summed E-state index contributed by atoms with van der Waals surface area (Å²) >= 11 is 0. The van der Waals surface area contributed by atoms with E-state index in [-0.39, 0.29) is 24.4 Å². The number of rotatable bonds is 8. The molecule has 2 aliphatic heterocycles. The number of nitrogens with zero attached hydrogens (tertiary/aromatic N) is 6. The lowest BCUT2D eigenvalue weighted by Crippen LogP contribution is -2.51. The van der Waals surface area contributed by atoms with Crippen LogP contribution >= 0.6 is 0 Å². The monoisotopic (exact) mass is 476 g/mol. The molecule has 10 nitrogen and oxygen atoms in total. The normalized spacial score (nSPS) is 17.5. The first-order valence-corrected chi connectivity index (χ1v) is 12.0. The van der Waals surface area contributed by atoms with Crippen LogP contribution in [0, 0.1) is 11.3 Å². The molecule has 0 bridgehead atoms. The van der Waals surface area contributed by atoms with E-state index in [0.717, 1.165) is 30.2 Å². The summed E-state index contributed by atoms with van der Waals surface area (Å²) in [6, 6.07) is 15.3. The number of hydrogen-bond donors (Lipinski definition) is 2. The van der Waals surface area contributed by atoms with E-state index < -0.39 is 6.04 Å². The summed E-state index contributed by atoms with van der Waals surface area (Å²) in [6.07, 6.45) is 2.03. The van der Waals surface area contributed by atoms with Crippen LogP contribution in [0.15, 0.2) is 48.7 Å². The Balaban J connectivity index is 1.39. The van der Waals surface area contributed by atoms with Crippen molar-refractivity contribution >= 4 is 23.4 Å². The predicted octanol–water partition coefficient (Wildman–Crippen LogP) is 2.09. The van der Waals surface area contributed by atoms with Gasteiger partial charge in [-0.2, -0.15) is 5.26 Å². The molecule has 0 saturated carbocycles. The molecule has 0 aliphatic carbocycles. The van der Waals surface area contributed by atoms with Gasteiger partial charge < -0.3 is 10.2 Å². The third kappa shape index (κ3) is 5.53. The third-order valence-corrected chi connectivity index (χ3v) is 6.30. The van der Waals surface area contributed by atoms with Crippen molar-refractivity contribution in [3.8, 4) is 6.07 Å². The SMILES string of the molecule is CC(C)N1NCN(c2ccc(N3CCN(C(C(=O)NCCC#N)c4ccccc4)CC3)nc2)C1=O. The van der Waals surface area contributed by atoms with Crippen LogP contribution in [0.5, 0.6) is 0 Å². The molecule has 0 spiro atoms. The fraction of sp³-hybridized carbons (Fsp3) is 0.440. The average Bonchev–Trinajstić information content (AvgIpc) is 3.27. The summed E-state index contributed by atoms with van der Waals surface area (Å²) in [6.45, 7) is 7.56. The molecule has 1 atom stereocenters. The van der Waals surface area contributed by atoms with Gasteiger partial charge in [-0.3, -0.25) is 19.6 Å². The molecule has 2 fully saturated rings. The van der Waals surface area contributed by atoms with Gasteiger partial charge in [-0.15, -0.1) is 0 Å². The second-order valence-corrected chi connectivity index (χ2v) is 8.90. The second-order valence-electron chi connectivity index (χ2n) is 8.90. The number of carbonyl (C=O) groups is 2. The minimum absolute atomic E-state index is 0.0733. The first-order valence-electron chi connectivity index (χ1n) is 12.0. The van der Waals surface area contributed by atoms with Crippen molar-refractivity contribution in [2.45, 2.75) is 32.4 Å². The molecule has 184 valence electrons. The predicted molar refractivity (Wildman–Crippen MR) is 133 cm³/mol. The van der Waals surface area contributed by atoms with E-state index in [4.69, 9.17) is 5.26 Å². The zero-order valence-electron chi connectivity index (χ0n) is 20.2. The van der Waals surface area contributed by atoms with Gasteiger partial charge >= 0.3 is 6.03 Å². The Labute approximate surface area is 206 Å². The summed E-state index contributed by atoms with van der Waals surface area (Å²) in [4.78, 5) is 36.2. The standard InChI is InChI=1S/C25H32N8O2/c1-19(2)33-25(35)32(18-29-33)21-9-10-22(28-17-21)30-13-15-31(16-14-30)23(20-7-4-3-5-8-20)24(34)27-12-6-11-26/h3-5,7-10,17,19,23,29H,6,12-16,18H2,1-2H3,(H,27,34). The Bertz CT molecular complexity index is 1050. The van der Waals surface area contributed by atoms with Crippen LogP contribution < -0.4 is 20.5 Å². The molecule has 2 aromatic rings. The van der Waals surface area contributed by atoms with Gasteiger partial charge in [-0.05, 0) is 31.5 Å². The molecule has 2 saturated heterocycles. The number of aromatic nitrogens is 1. The topological polar surface area (TPSA) is 108 Å². The summed E-state index contributed by atoms with van der Waals surface area (Å²) in [5.41, 5.74) is 4.80. The molecule has 0 radical (unpaired) electrons. The molecular weight excluding hydrogens is 444 g/mol. The second kappa shape index (κ2) is 11.2. The summed E-state index contributed by atoms with van der Waals surface area (Å²) in [7, 11) is 0. The van der Waals surface area contributed by atoms with Crippen molar-refractivity contribution in [3.05, 3.63) is 54.2 Å². The Morgan fingerprint density at radius 1 is 1.14 bits per heavy atom. The van der Waals surface area contributed by atoms with Crippen LogP contribution in [0.2, 0.25) is 0 Å². The quantitative estimate of drug-likeness (QED) is 0.562. The number of hydrazine groups is 1. The van der Waals surface area contributed by atoms with Crippen molar-refractivity contribution in [1.82, 2.24) is 25.6 Å². The van der Waals surface area contributed by atoms with Crippen LogP contribution in [-0.2, 0) is 4.79 Å². The molecule has 1 aromatic heterocycles. The Kier molecular flexibility index (Phi) is 7.80. The van der Waals surface area contributed by atoms with E-state index in [1.165, 1.54) is 0 Å². The number of amides is 3. The lowest BCUT2D eigenvalue weighted by molar-refractivity contribution is -0.126. The zero-order chi connectivity index (χ0) is 24.8. The van der Waals surface area contributed by atoms with Crippen molar-refractivity contribution in [2.24, 2.45) is 0 Å². The Morgan fingerprint density at radius 2 is 1.89 bits per heavy atom. The fourth-order valence-electron chi connectivity index (χ4n) is 4.45. The molecule has 3 heterocycles. The number of benzene rings is 1. The first kappa shape index (κ1) is 24.4. The molecule has 3 amide bonds. The van der Waals surface area contributed by atoms with Crippen LogP contribution in [-0.4, -0.2) is 72.3 Å². The van der Waals surface area contributed by atoms with Crippen LogP contribution in [0.25, 0.3) is 0 Å². The van der Waals surface area contributed by atoms with E-state index in [9.17, 15) is 9.59 Å². The number of pyridine rings is 1. The number of anilines is 2. The number of carbonyl (C=O) groups excluding carboxylic acids is 2. The molecule has 4 rings (SSSR count). The van der Waals surface area contributed by atoms with Gasteiger partial charge in [-0.1, -0.05) is 30.3 Å². The minimum atomic E-state index is -0.398. The third-order valence-electron chi connectivity index (χ3n) is 6.30. The maximum atomic E-state index is 13.0.